The quantitative estimate of drug-likeness (QED) is 0.528. The Morgan fingerprint density at radius 3 is 2.60 bits per heavy atom. The third-order valence-electron chi connectivity index (χ3n) is 8.37. The summed E-state index contributed by atoms with van der Waals surface area (Å²) >= 11 is 19.6. The molecule has 0 unspecified atom stereocenters. The Morgan fingerprint density at radius 1 is 1.11 bits per heavy atom. The van der Waals surface area contributed by atoms with E-state index in [1.54, 1.807) is 16.8 Å². The van der Waals surface area contributed by atoms with Crippen LogP contribution in [0, 0.1) is 11.3 Å². The molecule has 2 aromatic rings. The molecule has 0 spiro atoms. The molecule has 1 aromatic carbocycles. The summed E-state index contributed by atoms with van der Waals surface area (Å²) in [6, 6.07) is 4.72. The lowest BCUT2D eigenvalue weighted by atomic mass is 9.47. The first kappa shape index (κ1) is 23.4. The molecule has 1 aromatic heterocycles. The maximum atomic E-state index is 14.1. The number of aromatic nitrogens is 2. The fourth-order valence-electron chi connectivity index (χ4n) is 7.82. The summed E-state index contributed by atoms with van der Waals surface area (Å²) in [4.78, 5) is 27.3. The Morgan fingerprint density at radius 2 is 1.91 bits per heavy atom. The smallest absolute Gasteiger partial charge is 0.315 e. The van der Waals surface area contributed by atoms with Gasteiger partial charge in [-0.2, -0.15) is 5.10 Å². The fraction of sp³-hybridized carbons (Fsp3) is 0.560. The third kappa shape index (κ3) is 3.91. The summed E-state index contributed by atoms with van der Waals surface area (Å²) in [6.07, 6.45) is 5.84. The van der Waals surface area contributed by atoms with Crippen LogP contribution in [-0.2, 0) is 13.1 Å². The van der Waals surface area contributed by atoms with Crippen molar-refractivity contribution in [3.63, 3.8) is 0 Å². The van der Waals surface area contributed by atoms with Gasteiger partial charge in [-0.05, 0) is 62.0 Å². The molecule has 4 saturated carbocycles. The normalized spacial score (nSPS) is 33.0. The lowest BCUT2D eigenvalue weighted by Crippen LogP contribution is -2.66. The number of nitrogens with one attached hydrogen (secondary N) is 1. The molecule has 2 heterocycles. The molecule has 5 aliphatic rings. The number of carbonyl (C=O) groups is 2. The van der Waals surface area contributed by atoms with E-state index in [0.717, 1.165) is 32.1 Å². The van der Waals surface area contributed by atoms with Crippen molar-refractivity contribution >= 4 is 46.7 Å². The molecule has 186 valence electrons. The lowest BCUT2D eigenvalue weighted by molar-refractivity contribution is -0.0563. The SMILES string of the molecule is C[C@@]12C[C@H]3C[C@@](Cl)(C1)C[C@](NC(=O)c1c(-c4ccc(Cl)c(Cl)c4)nn4c1CN(C(N)=O)CC4)(C3)C2. The van der Waals surface area contributed by atoms with Crippen molar-refractivity contribution in [1.82, 2.24) is 20.0 Å². The first-order chi connectivity index (χ1) is 16.5. The Balaban J connectivity index is 1.41. The minimum Gasteiger partial charge on any atom is -0.351 e. The van der Waals surface area contributed by atoms with Crippen molar-refractivity contribution in [3.8, 4) is 11.3 Å². The van der Waals surface area contributed by atoms with E-state index in [1.165, 1.54) is 11.3 Å². The number of hydrogen-bond acceptors (Lipinski definition) is 3. The molecule has 35 heavy (non-hydrogen) atoms. The largest absolute Gasteiger partial charge is 0.351 e. The monoisotopic (exact) mass is 535 g/mol. The van der Waals surface area contributed by atoms with Crippen LogP contribution in [0.25, 0.3) is 11.3 Å². The van der Waals surface area contributed by atoms with Crippen LogP contribution in [0.2, 0.25) is 10.0 Å². The number of alkyl halides is 1. The van der Waals surface area contributed by atoms with Crippen molar-refractivity contribution in [2.45, 2.75) is 69.0 Å². The van der Waals surface area contributed by atoms with Crippen LogP contribution >= 0.6 is 34.8 Å². The van der Waals surface area contributed by atoms with Crippen LogP contribution in [-0.4, -0.2) is 43.6 Å². The fourth-order valence-corrected chi connectivity index (χ4v) is 8.92. The number of urea groups is 1. The first-order valence-electron chi connectivity index (χ1n) is 12.1. The molecule has 4 atom stereocenters. The Kier molecular flexibility index (Phi) is 5.20. The van der Waals surface area contributed by atoms with E-state index < -0.39 is 6.03 Å². The summed E-state index contributed by atoms with van der Waals surface area (Å²) in [5.41, 5.74) is 7.73. The minimum absolute atomic E-state index is 0.141. The van der Waals surface area contributed by atoms with E-state index in [-0.39, 0.29) is 28.3 Å². The number of benzene rings is 1. The van der Waals surface area contributed by atoms with Gasteiger partial charge in [0.2, 0.25) is 0 Å². The number of hydrogen-bond donors (Lipinski definition) is 2. The summed E-state index contributed by atoms with van der Waals surface area (Å²) in [5, 5.41) is 9.03. The van der Waals surface area contributed by atoms with E-state index in [2.05, 4.69) is 12.2 Å². The van der Waals surface area contributed by atoms with Crippen molar-refractivity contribution in [2.24, 2.45) is 17.1 Å². The standard InChI is InChI=1S/C25H28Cl3N5O2/c1-23-7-14-8-24(28,11-23)13-25(9-14,12-23)30-21(34)19-18-10-32(22(29)35)4-5-33(18)31-20(19)15-2-3-16(26)17(27)6-15/h2-3,6,14H,4-5,7-13H2,1H3,(H2,29,35)(H,30,34)/t14-,23+,24+,25-/m0/s1. The van der Waals surface area contributed by atoms with E-state index >= 15 is 0 Å². The number of halogens is 3. The highest BCUT2D eigenvalue weighted by Gasteiger charge is 2.62. The van der Waals surface area contributed by atoms with Crippen molar-refractivity contribution in [1.29, 1.82) is 0 Å². The van der Waals surface area contributed by atoms with Crippen molar-refractivity contribution in [3.05, 3.63) is 39.5 Å². The molecule has 7 rings (SSSR count). The Bertz CT molecular complexity index is 1240. The van der Waals surface area contributed by atoms with Crippen molar-refractivity contribution < 1.29 is 9.59 Å². The second-order valence-electron chi connectivity index (χ2n) is 11.5. The van der Waals surface area contributed by atoms with Crippen LogP contribution in [0.15, 0.2) is 18.2 Å². The second kappa shape index (κ2) is 7.77. The molecule has 1 aliphatic heterocycles. The third-order valence-corrected chi connectivity index (χ3v) is 9.53. The average molecular weight is 537 g/mol. The van der Waals surface area contributed by atoms with Crippen LogP contribution in [0.3, 0.4) is 0 Å². The molecule has 10 heteroatoms. The van der Waals surface area contributed by atoms with E-state index in [4.69, 9.17) is 45.6 Å². The highest BCUT2D eigenvalue weighted by atomic mass is 35.5. The summed E-state index contributed by atoms with van der Waals surface area (Å²) in [5.74, 6) is 0.333. The predicted molar refractivity (Wildman–Crippen MR) is 136 cm³/mol. The topological polar surface area (TPSA) is 93.2 Å². The lowest BCUT2D eigenvalue weighted by Gasteiger charge is -2.64. The molecule has 0 saturated heterocycles. The van der Waals surface area contributed by atoms with Gasteiger partial charge in [0.25, 0.3) is 5.91 Å². The van der Waals surface area contributed by atoms with Gasteiger partial charge in [0, 0.05) is 22.5 Å². The van der Waals surface area contributed by atoms with Gasteiger partial charge in [0.1, 0.15) is 5.69 Å². The summed E-state index contributed by atoms with van der Waals surface area (Å²) in [6.45, 7) is 3.42. The number of amides is 3. The molecule has 4 aliphatic carbocycles. The highest BCUT2D eigenvalue weighted by molar-refractivity contribution is 6.42. The van der Waals surface area contributed by atoms with Gasteiger partial charge in [-0.15, -0.1) is 11.6 Å². The summed E-state index contributed by atoms with van der Waals surface area (Å²) in [7, 11) is 0. The number of rotatable bonds is 3. The maximum absolute atomic E-state index is 14.1. The molecule has 4 fully saturated rings. The van der Waals surface area contributed by atoms with Gasteiger partial charge in [0.15, 0.2) is 0 Å². The van der Waals surface area contributed by atoms with Crippen LogP contribution in [0.5, 0.6) is 0 Å². The van der Waals surface area contributed by atoms with Gasteiger partial charge in [0.05, 0.1) is 34.4 Å². The molecule has 4 bridgehead atoms. The van der Waals surface area contributed by atoms with Gasteiger partial charge in [-0.1, -0.05) is 36.2 Å². The molecule has 3 amide bonds. The minimum atomic E-state index is -0.516. The molecular formula is C25H28Cl3N5O2. The molecule has 3 N–H and O–H groups in total. The number of primary amides is 1. The number of nitrogens with two attached hydrogens (primary N) is 1. The first-order valence-corrected chi connectivity index (χ1v) is 13.2. The van der Waals surface area contributed by atoms with Gasteiger partial charge < -0.3 is 16.0 Å². The van der Waals surface area contributed by atoms with Gasteiger partial charge in [-0.3, -0.25) is 9.48 Å². The van der Waals surface area contributed by atoms with E-state index in [1.807, 2.05) is 6.07 Å². The zero-order chi connectivity index (χ0) is 24.8. The molecule has 0 radical (unpaired) electrons. The van der Waals surface area contributed by atoms with Gasteiger partial charge >= 0.3 is 6.03 Å². The zero-order valence-corrected chi connectivity index (χ0v) is 21.8. The maximum Gasteiger partial charge on any atom is 0.315 e. The number of nitrogens with zero attached hydrogens (tertiary/aromatic N) is 3. The van der Waals surface area contributed by atoms with Crippen LogP contribution < -0.4 is 11.1 Å². The van der Waals surface area contributed by atoms with Crippen molar-refractivity contribution in [2.75, 3.05) is 6.54 Å². The molecule has 7 nitrogen and oxygen atoms in total. The molecular weight excluding hydrogens is 509 g/mol. The average Bonchev–Trinajstić information content (AvgIpc) is 3.11. The van der Waals surface area contributed by atoms with E-state index in [0.29, 0.717) is 51.6 Å². The van der Waals surface area contributed by atoms with Crippen LogP contribution in [0.4, 0.5) is 4.79 Å². The van der Waals surface area contributed by atoms with Gasteiger partial charge in [-0.25, -0.2) is 4.79 Å². The Labute approximate surface area is 219 Å². The Hall–Kier alpha value is -1.96. The van der Waals surface area contributed by atoms with Crippen LogP contribution in [0.1, 0.15) is 61.5 Å². The second-order valence-corrected chi connectivity index (χ2v) is 13.1. The zero-order valence-electron chi connectivity index (χ0n) is 19.5. The van der Waals surface area contributed by atoms with E-state index in [9.17, 15) is 9.59 Å². The summed E-state index contributed by atoms with van der Waals surface area (Å²) < 4.78 is 1.80. The number of fused-ring (bicyclic) bond motifs is 1. The highest BCUT2D eigenvalue weighted by Crippen LogP contribution is 2.65. The predicted octanol–water partition coefficient (Wildman–Crippen LogP) is 5.20. The number of carbonyl (C=O) groups excluding carboxylic acids is 2.